The molecule has 1 aliphatic rings. The molecule has 1 unspecified atom stereocenters. The lowest BCUT2D eigenvalue weighted by atomic mass is 10.0. The van der Waals surface area contributed by atoms with Crippen molar-refractivity contribution in [2.45, 2.75) is 33.4 Å². The molecule has 0 aliphatic carbocycles. The highest BCUT2D eigenvalue weighted by molar-refractivity contribution is 14.0. The quantitative estimate of drug-likeness (QED) is 0.327. The number of hydrogen-bond acceptors (Lipinski definition) is 5. The number of nitrogens with zero attached hydrogens (tertiary/aromatic N) is 3. The van der Waals surface area contributed by atoms with Crippen molar-refractivity contribution in [2.24, 2.45) is 10.9 Å². The molecule has 166 valence electrons. The first-order chi connectivity index (χ1) is 14.1. The normalized spacial score (nSPS) is 16.2. The van der Waals surface area contributed by atoms with Crippen LogP contribution in [-0.4, -0.2) is 61.8 Å². The summed E-state index contributed by atoms with van der Waals surface area (Å²) in [5, 5.41) is 6.79. The van der Waals surface area contributed by atoms with Crippen LogP contribution in [0, 0.1) is 12.8 Å². The summed E-state index contributed by atoms with van der Waals surface area (Å²) in [5.74, 6) is 1.95. The van der Waals surface area contributed by atoms with Crippen molar-refractivity contribution in [3.63, 3.8) is 0 Å². The molecule has 3 rings (SSSR count). The molecule has 1 aromatic heterocycles. The Balaban J connectivity index is 0.00000320. The molecule has 0 amide bonds. The van der Waals surface area contributed by atoms with Gasteiger partial charge in [0.25, 0.3) is 0 Å². The van der Waals surface area contributed by atoms with Crippen molar-refractivity contribution < 1.29 is 9.15 Å². The van der Waals surface area contributed by atoms with Crippen molar-refractivity contribution >= 4 is 29.9 Å². The van der Waals surface area contributed by atoms with Gasteiger partial charge >= 0.3 is 0 Å². The fourth-order valence-electron chi connectivity index (χ4n) is 3.51. The molecular formula is C22H34IN5O2. The molecule has 30 heavy (non-hydrogen) atoms. The van der Waals surface area contributed by atoms with Crippen molar-refractivity contribution in [3.8, 4) is 11.5 Å². The number of nitrogens with one attached hydrogen (secondary N) is 2. The van der Waals surface area contributed by atoms with Crippen LogP contribution in [0.5, 0.6) is 0 Å². The van der Waals surface area contributed by atoms with Crippen LogP contribution in [0.1, 0.15) is 25.1 Å². The van der Waals surface area contributed by atoms with Crippen LogP contribution in [0.2, 0.25) is 0 Å². The van der Waals surface area contributed by atoms with Crippen LogP contribution in [0.15, 0.2) is 39.9 Å². The Labute approximate surface area is 196 Å². The maximum atomic E-state index is 5.64. The van der Waals surface area contributed by atoms with Crippen molar-refractivity contribution in [2.75, 3.05) is 39.9 Å². The van der Waals surface area contributed by atoms with Gasteiger partial charge in [-0.15, -0.1) is 24.0 Å². The molecule has 0 bridgehead atoms. The van der Waals surface area contributed by atoms with E-state index in [-0.39, 0.29) is 24.0 Å². The monoisotopic (exact) mass is 527 g/mol. The number of benzene rings is 1. The van der Waals surface area contributed by atoms with Crippen molar-refractivity contribution in [1.29, 1.82) is 0 Å². The number of rotatable bonds is 7. The summed E-state index contributed by atoms with van der Waals surface area (Å²) < 4.78 is 11.1. The molecule has 1 fully saturated rings. The summed E-state index contributed by atoms with van der Waals surface area (Å²) in [6.45, 7) is 11.6. The number of ether oxygens (including phenoxy) is 1. The van der Waals surface area contributed by atoms with E-state index in [9.17, 15) is 0 Å². The fourth-order valence-corrected chi connectivity index (χ4v) is 3.51. The van der Waals surface area contributed by atoms with E-state index in [1.54, 1.807) is 13.3 Å². The second kappa shape index (κ2) is 12.3. The molecule has 1 saturated heterocycles. The Morgan fingerprint density at radius 1 is 1.17 bits per heavy atom. The molecule has 8 heteroatoms. The smallest absolute Gasteiger partial charge is 0.226 e. The molecule has 2 N–H and O–H groups in total. The van der Waals surface area contributed by atoms with Crippen LogP contribution < -0.4 is 10.6 Å². The number of oxazole rings is 1. The van der Waals surface area contributed by atoms with Crippen molar-refractivity contribution in [3.05, 3.63) is 41.8 Å². The van der Waals surface area contributed by atoms with Crippen LogP contribution >= 0.6 is 24.0 Å². The minimum Gasteiger partial charge on any atom is -0.444 e. The molecule has 2 heterocycles. The Hall–Kier alpha value is -1.65. The summed E-state index contributed by atoms with van der Waals surface area (Å²) >= 11 is 0. The summed E-state index contributed by atoms with van der Waals surface area (Å²) in [6, 6.07) is 8.61. The number of aliphatic imine (C=N–C) groups is 1. The SMILES string of the molecule is CN=C(NCc1coc(-c2ccc(C)cc2)n1)NCC(C(C)C)N1CCOCC1.I. The summed E-state index contributed by atoms with van der Waals surface area (Å²) in [5.41, 5.74) is 3.04. The highest BCUT2D eigenvalue weighted by Crippen LogP contribution is 2.19. The first-order valence-corrected chi connectivity index (χ1v) is 10.3. The third-order valence-corrected chi connectivity index (χ3v) is 5.27. The predicted molar refractivity (Wildman–Crippen MR) is 131 cm³/mol. The van der Waals surface area contributed by atoms with Crippen LogP contribution in [0.4, 0.5) is 0 Å². The largest absolute Gasteiger partial charge is 0.444 e. The van der Waals surface area contributed by atoms with E-state index in [0.29, 0.717) is 24.4 Å². The zero-order chi connectivity index (χ0) is 20.6. The average Bonchev–Trinajstić information content (AvgIpc) is 3.20. The molecule has 0 saturated carbocycles. The zero-order valence-corrected chi connectivity index (χ0v) is 20.7. The van der Waals surface area contributed by atoms with Gasteiger partial charge in [-0.2, -0.15) is 0 Å². The third kappa shape index (κ3) is 6.95. The van der Waals surface area contributed by atoms with Crippen LogP contribution in [0.3, 0.4) is 0 Å². The topological polar surface area (TPSA) is 74.9 Å². The van der Waals surface area contributed by atoms with Gasteiger partial charge in [0, 0.05) is 38.3 Å². The van der Waals surface area contributed by atoms with Gasteiger partial charge in [-0.1, -0.05) is 31.5 Å². The molecule has 1 atom stereocenters. The minimum atomic E-state index is 0. The van der Waals surface area contributed by atoms with E-state index < -0.39 is 0 Å². The van der Waals surface area contributed by atoms with Gasteiger partial charge in [0.05, 0.1) is 25.5 Å². The Morgan fingerprint density at radius 3 is 2.50 bits per heavy atom. The average molecular weight is 527 g/mol. The Kier molecular flexibility index (Phi) is 10.1. The van der Waals surface area contributed by atoms with E-state index in [4.69, 9.17) is 9.15 Å². The van der Waals surface area contributed by atoms with E-state index >= 15 is 0 Å². The van der Waals surface area contributed by atoms with Gasteiger partial charge in [0.15, 0.2) is 5.96 Å². The van der Waals surface area contributed by atoms with E-state index in [1.165, 1.54) is 5.56 Å². The summed E-state index contributed by atoms with van der Waals surface area (Å²) in [6.07, 6.45) is 1.69. The van der Waals surface area contributed by atoms with Gasteiger partial charge in [0.1, 0.15) is 6.26 Å². The van der Waals surface area contributed by atoms with E-state index in [1.807, 2.05) is 12.1 Å². The van der Waals surface area contributed by atoms with Gasteiger partial charge in [0.2, 0.25) is 5.89 Å². The molecule has 0 spiro atoms. The maximum absolute atomic E-state index is 5.64. The molecule has 0 radical (unpaired) electrons. The number of halogens is 1. The Bertz CT molecular complexity index is 785. The van der Waals surface area contributed by atoms with Gasteiger partial charge < -0.3 is 19.8 Å². The van der Waals surface area contributed by atoms with Gasteiger partial charge in [-0.25, -0.2) is 4.98 Å². The number of guanidine groups is 1. The lowest BCUT2D eigenvalue weighted by molar-refractivity contribution is 0.00752. The number of morpholine rings is 1. The highest BCUT2D eigenvalue weighted by Gasteiger charge is 2.23. The first kappa shape index (κ1) is 24.6. The highest BCUT2D eigenvalue weighted by atomic mass is 127. The standard InChI is InChI=1S/C22H33N5O2.HI/c1-16(2)20(27-9-11-28-12-10-27)14-25-22(23-4)24-13-19-15-29-21(26-19)18-7-5-17(3)6-8-18;/h5-8,15-16,20H,9-14H2,1-4H3,(H2,23,24,25);1H. The Morgan fingerprint density at radius 2 is 1.87 bits per heavy atom. The molecule has 1 aromatic carbocycles. The fraction of sp³-hybridized carbons (Fsp3) is 0.545. The lowest BCUT2D eigenvalue weighted by Gasteiger charge is -2.37. The lowest BCUT2D eigenvalue weighted by Crippen LogP contribution is -2.52. The zero-order valence-electron chi connectivity index (χ0n) is 18.4. The van der Waals surface area contributed by atoms with E-state index in [0.717, 1.165) is 50.1 Å². The predicted octanol–water partition coefficient (Wildman–Crippen LogP) is 3.29. The molecule has 7 nitrogen and oxygen atoms in total. The first-order valence-electron chi connectivity index (χ1n) is 10.3. The number of aromatic nitrogens is 1. The minimum absolute atomic E-state index is 0. The molecule has 2 aromatic rings. The molecule has 1 aliphatic heterocycles. The third-order valence-electron chi connectivity index (χ3n) is 5.27. The van der Waals surface area contributed by atoms with Gasteiger partial charge in [-0.05, 0) is 25.0 Å². The van der Waals surface area contributed by atoms with Crippen molar-refractivity contribution in [1.82, 2.24) is 20.5 Å². The van der Waals surface area contributed by atoms with E-state index in [2.05, 4.69) is 58.4 Å². The second-order valence-electron chi connectivity index (χ2n) is 7.78. The maximum Gasteiger partial charge on any atom is 0.226 e. The number of aryl methyl sites for hydroxylation is 1. The summed E-state index contributed by atoms with van der Waals surface area (Å²) in [4.78, 5) is 11.4. The van der Waals surface area contributed by atoms with Crippen LogP contribution in [0.25, 0.3) is 11.5 Å². The summed E-state index contributed by atoms with van der Waals surface area (Å²) in [7, 11) is 1.79. The van der Waals surface area contributed by atoms with Crippen LogP contribution in [-0.2, 0) is 11.3 Å². The second-order valence-corrected chi connectivity index (χ2v) is 7.78. The van der Waals surface area contributed by atoms with Gasteiger partial charge in [-0.3, -0.25) is 9.89 Å². The molecular weight excluding hydrogens is 493 g/mol. The number of hydrogen-bond donors (Lipinski definition) is 2.